The van der Waals surface area contributed by atoms with Gasteiger partial charge >= 0.3 is 5.97 Å². The van der Waals surface area contributed by atoms with Gasteiger partial charge in [0, 0.05) is 6.42 Å². The van der Waals surface area contributed by atoms with Crippen molar-refractivity contribution in [1.82, 2.24) is 0 Å². The topological polar surface area (TPSA) is 58.9 Å². The van der Waals surface area contributed by atoms with Gasteiger partial charge in [-0.1, -0.05) is 12.1 Å². The van der Waals surface area contributed by atoms with Crippen LogP contribution in [-0.4, -0.2) is 29.1 Å². The van der Waals surface area contributed by atoms with Crippen molar-refractivity contribution < 1.29 is 19.0 Å². The third-order valence-corrected chi connectivity index (χ3v) is 3.95. The molecule has 0 aromatic heterocycles. The SMILES string of the molecule is O=C(O)C1CCC2OC(Cc3cccc(F)c3)=NC2C1. The Labute approximate surface area is 116 Å². The lowest BCUT2D eigenvalue weighted by atomic mass is 9.84. The maximum atomic E-state index is 13.1. The summed E-state index contributed by atoms with van der Waals surface area (Å²) in [6.07, 6.45) is 2.35. The predicted octanol–water partition coefficient (Wildman–Crippen LogP) is 2.42. The quantitative estimate of drug-likeness (QED) is 0.923. The maximum absolute atomic E-state index is 13.1. The van der Waals surface area contributed by atoms with Gasteiger partial charge < -0.3 is 9.84 Å². The molecule has 0 spiro atoms. The molecule has 5 heteroatoms. The number of ether oxygens (including phenoxy) is 1. The van der Waals surface area contributed by atoms with E-state index in [0.717, 1.165) is 12.0 Å². The van der Waals surface area contributed by atoms with Crippen molar-refractivity contribution in [3.63, 3.8) is 0 Å². The van der Waals surface area contributed by atoms with Gasteiger partial charge in [-0.25, -0.2) is 9.38 Å². The predicted molar refractivity (Wildman–Crippen MR) is 71.2 cm³/mol. The van der Waals surface area contributed by atoms with E-state index in [1.807, 2.05) is 6.07 Å². The first-order valence-electron chi connectivity index (χ1n) is 6.82. The number of benzene rings is 1. The molecule has 0 bridgehead atoms. The number of aliphatic carboxylic acids is 1. The number of rotatable bonds is 3. The minimum Gasteiger partial charge on any atom is -0.481 e. The van der Waals surface area contributed by atoms with Crippen LogP contribution >= 0.6 is 0 Å². The molecule has 1 aromatic rings. The number of halogens is 1. The van der Waals surface area contributed by atoms with Gasteiger partial charge in [0.15, 0.2) is 5.90 Å². The number of carbonyl (C=O) groups is 1. The van der Waals surface area contributed by atoms with Crippen molar-refractivity contribution >= 4 is 11.9 Å². The van der Waals surface area contributed by atoms with Crippen LogP contribution < -0.4 is 0 Å². The highest BCUT2D eigenvalue weighted by molar-refractivity contribution is 5.81. The van der Waals surface area contributed by atoms with Gasteiger partial charge in [0.05, 0.1) is 12.0 Å². The summed E-state index contributed by atoms with van der Waals surface area (Å²) in [6.45, 7) is 0. The van der Waals surface area contributed by atoms with Crippen molar-refractivity contribution in [2.24, 2.45) is 10.9 Å². The molecule has 1 heterocycles. The highest BCUT2D eigenvalue weighted by atomic mass is 19.1. The fourth-order valence-corrected chi connectivity index (χ4v) is 2.92. The molecule has 0 amide bonds. The minimum absolute atomic E-state index is 0.00541. The lowest BCUT2D eigenvalue weighted by molar-refractivity contribution is -0.143. The third kappa shape index (κ3) is 2.66. The van der Waals surface area contributed by atoms with E-state index in [0.29, 0.717) is 25.2 Å². The second kappa shape index (κ2) is 5.23. The zero-order valence-electron chi connectivity index (χ0n) is 11.0. The molecule has 3 atom stereocenters. The highest BCUT2D eigenvalue weighted by Gasteiger charge is 2.39. The van der Waals surface area contributed by atoms with E-state index in [9.17, 15) is 9.18 Å². The molecule has 1 saturated carbocycles. The number of carboxylic acid groups (broad SMARTS) is 1. The van der Waals surface area contributed by atoms with Crippen LogP contribution in [0.5, 0.6) is 0 Å². The first kappa shape index (κ1) is 13.1. The van der Waals surface area contributed by atoms with Crippen LogP contribution in [0.15, 0.2) is 29.3 Å². The zero-order chi connectivity index (χ0) is 14.1. The van der Waals surface area contributed by atoms with Crippen LogP contribution in [0, 0.1) is 11.7 Å². The molecule has 0 radical (unpaired) electrons. The molecule has 3 unspecified atom stereocenters. The Balaban J connectivity index is 1.68. The first-order chi connectivity index (χ1) is 9.61. The van der Waals surface area contributed by atoms with E-state index in [4.69, 9.17) is 9.84 Å². The van der Waals surface area contributed by atoms with Gasteiger partial charge in [-0.05, 0) is 37.0 Å². The molecule has 0 saturated heterocycles. The Morgan fingerprint density at radius 1 is 1.45 bits per heavy atom. The summed E-state index contributed by atoms with van der Waals surface area (Å²) in [7, 11) is 0. The summed E-state index contributed by atoms with van der Waals surface area (Å²) in [4.78, 5) is 15.5. The largest absolute Gasteiger partial charge is 0.481 e. The van der Waals surface area contributed by atoms with Crippen LogP contribution in [0.3, 0.4) is 0 Å². The van der Waals surface area contributed by atoms with Crippen LogP contribution in [0.4, 0.5) is 4.39 Å². The van der Waals surface area contributed by atoms with Gasteiger partial charge in [0.2, 0.25) is 0 Å². The molecule has 106 valence electrons. The van der Waals surface area contributed by atoms with Crippen molar-refractivity contribution in [2.45, 2.75) is 37.8 Å². The minimum atomic E-state index is -0.753. The number of nitrogens with zero attached hydrogens (tertiary/aromatic N) is 1. The fraction of sp³-hybridized carbons (Fsp3) is 0.467. The van der Waals surface area contributed by atoms with Crippen LogP contribution in [0.2, 0.25) is 0 Å². The van der Waals surface area contributed by atoms with E-state index in [2.05, 4.69) is 4.99 Å². The Kier molecular flexibility index (Phi) is 3.42. The fourth-order valence-electron chi connectivity index (χ4n) is 2.92. The van der Waals surface area contributed by atoms with Crippen LogP contribution in [0.1, 0.15) is 24.8 Å². The van der Waals surface area contributed by atoms with Crippen LogP contribution in [0.25, 0.3) is 0 Å². The molecule has 1 aliphatic carbocycles. The van der Waals surface area contributed by atoms with Gasteiger partial charge in [0.25, 0.3) is 0 Å². The van der Waals surface area contributed by atoms with E-state index in [1.165, 1.54) is 12.1 Å². The van der Waals surface area contributed by atoms with Crippen molar-refractivity contribution in [1.29, 1.82) is 0 Å². The summed E-state index contributed by atoms with van der Waals surface area (Å²) >= 11 is 0. The van der Waals surface area contributed by atoms with E-state index in [1.54, 1.807) is 6.07 Å². The Morgan fingerprint density at radius 3 is 3.05 bits per heavy atom. The van der Waals surface area contributed by atoms with Crippen molar-refractivity contribution in [2.75, 3.05) is 0 Å². The standard InChI is InChI=1S/C15H16FNO3/c16-11-3-1-2-9(6-11)7-14-17-12-8-10(15(18)19)4-5-13(12)20-14/h1-3,6,10,12-13H,4-5,7-8H2,(H,18,19). The molecule has 1 aliphatic heterocycles. The third-order valence-electron chi connectivity index (χ3n) is 3.95. The average Bonchev–Trinajstić information content (AvgIpc) is 2.79. The number of hydrogen-bond acceptors (Lipinski definition) is 3. The summed E-state index contributed by atoms with van der Waals surface area (Å²) < 4.78 is 18.9. The summed E-state index contributed by atoms with van der Waals surface area (Å²) in [5.41, 5.74) is 0.817. The molecule has 3 rings (SSSR count). The Bertz CT molecular complexity index is 558. The van der Waals surface area contributed by atoms with Gasteiger partial charge in [-0.3, -0.25) is 4.79 Å². The zero-order valence-corrected chi connectivity index (χ0v) is 11.0. The Morgan fingerprint density at radius 2 is 2.30 bits per heavy atom. The molecule has 2 aliphatic rings. The number of aliphatic imine (C=N–C) groups is 1. The van der Waals surface area contributed by atoms with Gasteiger partial charge in [-0.15, -0.1) is 0 Å². The second-order valence-electron chi connectivity index (χ2n) is 5.40. The molecule has 4 nitrogen and oxygen atoms in total. The lowest BCUT2D eigenvalue weighted by Gasteiger charge is -2.26. The normalized spacial score (nSPS) is 28.4. The second-order valence-corrected chi connectivity index (χ2v) is 5.40. The smallest absolute Gasteiger partial charge is 0.306 e. The highest BCUT2D eigenvalue weighted by Crippen LogP contribution is 2.33. The molecule has 1 fully saturated rings. The number of hydrogen-bond donors (Lipinski definition) is 1. The molecule has 20 heavy (non-hydrogen) atoms. The van der Waals surface area contributed by atoms with Crippen molar-refractivity contribution in [3.8, 4) is 0 Å². The van der Waals surface area contributed by atoms with Gasteiger partial charge in [-0.2, -0.15) is 0 Å². The summed E-state index contributed by atoms with van der Waals surface area (Å²) in [6, 6.07) is 6.30. The Hall–Kier alpha value is -1.91. The van der Waals surface area contributed by atoms with Gasteiger partial charge in [0.1, 0.15) is 11.9 Å². The lowest BCUT2D eigenvalue weighted by Crippen LogP contribution is -2.33. The van der Waals surface area contributed by atoms with Crippen molar-refractivity contribution in [3.05, 3.63) is 35.6 Å². The number of fused-ring (bicyclic) bond motifs is 1. The summed E-state index contributed by atoms with van der Waals surface area (Å²) in [5.74, 6) is -0.754. The molecule has 1 aromatic carbocycles. The molecule has 1 N–H and O–H groups in total. The van der Waals surface area contributed by atoms with E-state index in [-0.39, 0.29) is 23.9 Å². The van der Waals surface area contributed by atoms with E-state index < -0.39 is 5.97 Å². The molecular formula is C15H16FNO3. The number of carboxylic acids is 1. The summed E-state index contributed by atoms with van der Waals surface area (Å²) in [5, 5.41) is 9.06. The average molecular weight is 277 g/mol. The monoisotopic (exact) mass is 277 g/mol. The molecular weight excluding hydrogens is 261 g/mol. The maximum Gasteiger partial charge on any atom is 0.306 e. The first-order valence-corrected chi connectivity index (χ1v) is 6.82. The van der Waals surface area contributed by atoms with E-state index >= 15 is 0 Å². The van der Waals surface area contributed by atoms with Crippen LogP contribution in [-0.2, 0) is 16.0 Å².